The Bertz CT molecular complexity index is 201. The molecule has 0 aliphatic carbocycles. The fourth-order valence-corrected chi connectivity index (χ4v) is 0.706. The first-order valence-corrected chi connectivity index (χ1v) is 4.29. The van der Waals surface area contributed by atoms with Gasteiger partial charge in [0.25, 0.3) is 0 Å². The van der Waals surface area contributed by atoms with Crippen molar-refractivity contribution in [2.45, 2.75) is 6.04 Å². The molecule has 6 N–H and O–H groups in total. The number of hydrogen-bond acceptors (Lipinski definition) is 5. The number of nitrogens with one attached hydrogen (secondary N) is 1. The fraction of sp³-hybridized carbons (Fsp3) is 0.667. The molecule has 0 saturated heterocycles. The molecule has 0 aliphatic rings. The number of hydrazine groups is 1. The van der Waals surface area contributed by atoms with E-state index in [0.29, 0.717) is 0 Å². The average Bonchev–Trinajstić information content (AvgIpc) is 1.85. The molecule has 0 fully saturated rings. The first kappa shape index (κ1) is 11.5. The highest BCUT2D eigenvalue weighted by molar-refractivity contribution is 7.46. The molecular weight excluding hydrogens is 191 g/mol. The highest BCUT2D eigenvalue weighted by Gasteiger charge is 2.21. The first-order valence-electron chi connectivity index (χ1n) is 2.76. The Hall–Kier alpha value is -0.500. The molecule has 0 heterocycles. The minimum absolute atomic E-state index is 0.698. The SMILES string of the molecule is NNC(COP(=O)(O)O)C(=O)O. The van der Waals surface area contributed by atoms with Crippen molar-refractivity contribution in [1.29, 1.82) is 0 Å². The lowest BCUT2D eigenvalue weighted by atomic mass is 10.3. The molecule has 0 aliphatic heterocycles. The predicted octanol–water partition coefficient (Wildman–Crippen LogP) is -1.99. The third-order valence-electron chi connectivity index (χ3n) is 0.909. The van der Waals surface area contributed by atoms with Gasteiger partial charge < -0.3 is 14.9 Å². The number of phosphoric acid groups is 1. The van der Waals surface area contributed by atoms with Crippen molar-refractivity contribution in [3.05, 3.63) is 0 Å². The number of carbonyl (C=O) groups is 1. The molecule has 12 heavy (non-hydrogen) atoms. The molecule has 0 aromatic carbocycles. The van der Waals surface area contributed by atoms with Gasteiger partial charge in [-0.25, -0.2) is 9.99 Å². The summed E-state index contributed by atoms with van der Waals surface area (Å²) in [5, 5.41) is 8.29. The summed E-state index contributed by atoms with van der Waals surface area (Å²) in [5.74, 6) is 3.38. The average molecular weight is 200 g/mol. The molecule has 72 valence electrons. The van der Waals surface area contributed by atoms with Crippen LogP contribution in [-0.4, -0.2) is 33.5 Å². The number of carboxylic acids is 1. The zero-order chi connectivity index (χ0) is 9.78. The van der Waals surface area contributed by atoms with Gasteiger partial charge in [0.2, 0.25) is 0 Å². The number of carboxylic acid groups (broad SMARTS) is 1. The standard InChI is InChI=1S/C3H9N2O6P/c4-5-2(3(6)7)1-11-12(8,9)10/h2,5H,1,4H2,(H,6,7)(H2,8,9,10). The molecular formula is C3H9N2O6P. The van der Waals surface area contributed by atoms with Gasteiger partial charge in [-0.05, 0) is 0 Å². The van der Waals surface area contributed by atoms with Crippen molar-refractivity contribution in [3.8, 4) is 0 Å². The van der Waals surface area contributed by atoms with E-state index in [4.69, 9.17) is 20.7 Å². The van der Waals surface area contributed by atoms with E-state index in [1.165, 1.54) is 0 Å². The van der Waals surface area contributed by atoms with Crippen LogP contribution in [0.5, 0.6) is 0 Å². The van der Waals surface area contributed by atoms with Gasteiger partial charge in [0, 0.05) is 0 Å². The molecule has 0 bridgehead atoms. The highest BCUT2D eigenvalue weighted by atomic mass is 31.2. The lowest BCUT2D eigenvalue weighted by molar-refractivity contribution is -0.140. The lowest BCUT2D eigenvalue weighted by Gasteiger charge is -2.11. The predicted molar refractivity (Wildman–Crippen MR) is 36.7 cm³/mol. The zero-order valence-electron chi connectivity index (χ0n) is 5.88. The summed E-state index contributed by atoms with van der Waals surface area (Å²) in [6.07, 6.45) is 0. The van der Waals surface area contributed by atoms with Crippen molar-refractivity contribution < 1.29 is 28.8 Å². The van der Waals surface area contributed by atoms with Crippen LogP contribution in [0.3, 0.4) is 0 Å². The second-order valence-corrected chi connectivity index (χ2v) is 3.08. The number of aliphatic carboxylic acids is 1. The van der Waals surface area contributed by atoms with E-state index in [1.54, 1.807) is 5.43 Å². The van der Waals surface area contributed by atoms with Crippen LogP contribution < -0.4 is 11.3 Å². The van der Waals surface area contributed by atoms with E-state index >= 15 is 0 Å². The van der Waals surface area contributed by atoms with Crippen LogP contribution in [0.1, 0.15) is 0 Å². The Balaban J connectivity index is 3.90. The van der Waals surface area contributed by atoms with E-state index in [1.807, 2.05) is 0 Å². The van der Waals surface area contributed by atoms with Crippen molar-refractivity contribution in [3.63, 3.8) is 0 Å². The summed E-state index contributed by atoms with van der Waals surface area (Å²) in [6.45, 7) is -0.698. The van der Waals surface area contributed by atoms with Crippen LogP contribution in [0.4, 0.5) is 0 Å². The van der Waals surface area contributed by atoms with Gasteiger partial charge in [0.05, 0.1) is 6.61 Å². The van der Waals surface area contributed by atoms with Gasteiger partial charge in [0.1, 0.15) is 6.04 Å². The van der Waals surface area contributed by atoms with Crippen molar-refractivity contribution in [1.82, 2.24) is 5.43 Å². The molecule has 9 heteroatoms. The second kappa shape index (κ2) is 4.51. The van der Waals surface area contributed by atoms with E-state index in [9.17, 15) is 9.36 Å². The highest BCUT2D eigenvalue weighted by Crippen LogP contribution is 2.35. The first-order chi connectivity index (χ1) is 5.37. The van der Waals surface area contributed by atoms with E-state index < -0.39 is 26.4 Å². The minimum Gasteiger partial charge on any atom is -0.480 e. The monoisotopic (exact) mass is 200 g/mol. The Morgan fingerprint density at radius 3 is 2.42 bits per heavy atom. The van der Waals surface area contributed by atoms with Crippen LogP contribution in [0, 0.1) is 0 Å². The maximum absolute atomic E-state index is 10.2. The van der Waals surface area contributed by atoms with Crippen LogP contribution >= 0.6 is 7.82 Å². The summed E-state index contributed by atoms with van der Waals surface area (Å²) >= 11 is 0. The maximum Gasteiger partial charge on any atom is 0.469 e. The molecule has 0 aromatic heterocycles. The summed E-state index contributed by atoms with van der Waals surface area (Å²) in [5.41, 5.74) is 1.81. The Labute approximate surface area is 67.5 Å². The second-order valence-electron chi connectivity index (χ2n) is 1.84. The topological polar surface area (TPSA) is 142 Å². The molecule has 1 atom stereocenters. The van der Waals surface area contributed by atoms with Crippen LogP contribution in [0.25, 0.3) is 0 Å². The van der Waals surface area contributed by atoms with E-state index in [0.717, 1.165) is 0 Å². The zero-order valence-corrected chi connectivity index (χ0v) is 6.77. The van der Waals surface area contributed by atoms with Gasteiger partial charge >= 0.3 is 13.8 Å². The number of rotatable bonds is 5. The van der Waals surface area contributed by atoms with Crippen molar-refractivity contribution in [2.24, 2.45) is 5.84 Å². The van der Waals surface area contributed by atoms with Crippen LogP contribution in [0.2, 0.25) is 0 Å². The van der Waals surface area contributed by atoms with E-state index in [2.05, 4.69) is 4.52 Å². The third-order valence-corrected chi connectivity index (χ3v) is 1.39. The largest absolute Gasteiger partial charge is 0.480 e. The quantitative estimate of drug-likeness (QED) is 0.195. The molecule has 0 radical (unpaired) electrons. The molecule has 8 nitrogen and oxygen atoms in total. The summed E-state index contributed by atoms with van der Waals surface area (Å²) < 4.78 is 14.0. The number of nitrogens with two attached hydrogens (primary N) is 1. The number of hydrogen-bond donors (Lipinski definition) is 5. The smallest absolute Gasteiger partial charge is 0.469 e. The normalized spacial score (nSPS) is 14.2. The van der Waals surface area contributed by atoms with Gasteiger partial charge in [0.15, 0.2) is 0 Å². The van der Waals surface area contributed by atoms with Gasteiger partial charge in [-0.2, -0.15) is 0 Å². The molecule has 1 unspecified atom stereocenters. The summed E-state index contributed by atoms with van der Waals surface area (Å²) in [4.78, 5) is 26.5. The summed E-state index contributed by atoms with van der Waals surface area (Å²) in [6, 6.07) is -1.34. The van der Waals surface area contributed by atoms with Gasteiger partial charge in [-0.15, -0.1) is 0 Å². The minimum atomic E-state index is -4.63. The molecule has 0 aromatic rings. The Morgan fingerprint density at radius 2 is 2.17 bits per heavy atom. The van der Waals surface area contributed by atoms with Crippen molar-refractivity contribution >= 4 is 13.8 Å². The summed E-state index contributed by atoms with van der Waals surface area (Å²) in [7, 11) is -4.63. The lowest BCUT2D eigenvalue weighted by Crippen LogP contribution is -2.44. The molecule has 0 rings (SSSR count). The van der Waals surface area contributed by atoms with Gasteiger partial charge in [-0.3, -0.25) is 15.2 Å². The number of phosphoric ester groups is 1. The van der Waals surface area contributed by atoms with Crippen molar-refractivity contribution in [2.75, 3.05) is 6.61 Å². The fourth-order valence-electron chi connectivity index (χ4n) is 0.362. The molecule has 0 spiro atoms. The Morgan fingerprint density at radius 1 is 1.67 bits per heavy atom. The maximum atomic E-state index is 10.2. The Kier molecular flexibility index (Phi) is 4.32. The molecule has 0 saturated carbocycles. The van der Waals surface area contributed by atoms with Crippen LogP contribution in [-0.2, 0) is 13.9 Å². The molecule has 0 amide bonds. The van der Waals surface area contributed by atoms with E-state index in [-0.39, 0.29) is 0 Å². The third kappa shape index (κ3) is 5.19. The van der Waals surface area contributed by atoms with Gasteiger partial charge in [-0.1, -0.05) is 0 Å². The van der Waals surface area contributed by atoms with Crippen LogP contribution in [0.15, 0.2) is 0 Å².